The van der Waals surface area contributed by atoms with Crippen molar-refractivity contribution in [2.24, 2.45) is 5.41 Å². The SMILES string of the molecule is Cc1nnc(SCC2(C(=O)O)CS[C@@H]3C(NC(=O)Cc4cccs4)C(=O)N3C2)o1. The van der Waals surface area contributed by atoms with Crippen LogP contribution < -0.4 is 5.32 Å². The second-order valence-electron chi connectivity index (χ2n) is 6.93. The number of nitrogens with one attached hydrogen (secondary N) is 1. The van der Waals surface area contributed by atoms with E-state index in [1.807, 2.05) is 17.5 Å². The van der Waals surface area contributed by atoms with Crippen molar-refractivity contribution in [1.29, 1.82) is 0 Å². The van der Waals surface area contributed by atoms with Gasteiger partial charge in [0.15, 0.2) is 0 Å². The maximum absolute atomic E-state index is 12.6. The summed E-state index contributed by atoms with van der Waals surface area (Å²) in [6.07, 6.45) is 0.234. The Balaban J connectivity index is 1.37. The zero-order chi connectivity index (χ0) is 20.6. The number of rotatable bonds is 7. The lowest BCUT2D eigenvalue weighted by Crippen LogP contribution is -2.74. The number of aryl methyl sites for hydroxylation is 1. The van der Waals surface area contributed by atoms with E-state index in [-0.39, 0.29) is 35.9 Å². The summed E-state index contributed by atoms with van der Waals surface area (Å²) >= 11 is 4.05. The minimum atomic E-state index is -1.12. The molecule has 2 aromatic rings. The third kappa shape index (κ3) is 4.01. The molecule has 0 spiro atoms. The summed E-state index contributed by atoms with van der Waals surface area (Å²) in [7, 11) is 0. The number of carbonyl (C=O) groups excluding carboxylic acids is 2. The van der Waals surface area contributed by atoms with Crippen LogP contribution in [0.3, 0.4) is 0 Å². The molecule has 0 bridgehead atoms. The number of nitrogens with zero attached hydrogens (tertiary/aromatic N) is 3. The molecule has 2 aromatic heterocycles. The van der Waals surface area contributed by atoms with Gasteiger partial charge in [-0.1, -0.05) is 17.8 Å². The summed E-state index contributed by atoms with van der Waals surface area (Å²) in [5.41, 5.74) is -1.12. The first-order chi connectivity index (χ1) is 13.9. The minimum absolute atomic E-state index is 0.0935. The quantitative estimate of drug-likeness (QED) is 0.469. The summed E-state index contributed by atoms with van der Waals surface area (Å²) in [6, 6.07) is 3.14. The highest BCUT2D eigenvalue weighted by atomic mass is 32.2. The first kappa shape index (κ1) is 20.2. The van der Waals surface area contributed by atoms with Gasteiger partial charge in [0.05, 0.1) is 6.42 Å². The normalized spacial score (nSPS) is 26.0. The molecule has 4 heterocycles. The fraction of sp³-hybridized carbons (Fsp3) is 0.471. The molecule has 0 saturated carbocycles. The first-order valence-electron chi connectivity index (χ1n) is 8.78. The molecule has 4 rings (SSSR count). The first-order valence-corrected chi connectivity index (χ1v) is 11.7. The Morgan fingerprint density at radius 2 is 2.31 bits per heavy atom. The zero-order valence-corrected chi connectivity index (χ0v) is 17.8. The monoisotopic (exact) mass is 454 g/mol. The number of carboxylic acid groups (broad SMARTS) is 1. The van der Waals surface area contributed by atoms with Crippen molar-refractivity contribution in [2.45, 2.75) is 30.0 Å². The van der Waals surface area contributed by atoms with E-state index in [9.17, 15) is 19.5 Å². The van der Waals surface area contributed by atoms with Crippen molar-refractivity contribution in [1.82, 2.24) is 20.4 Å². The maximum atomic E-state index is 12.6. The Hall–Kier alpha value is -2.05. The summed E-state index contributed by atoms with van der Waals surface area (Å²) in [5.74, 6) is -0.467. The molecule has 3 atom stereocenters. The van der Waals surface area contributed by atoms with Crippen LogP contribution in [0.5, 0.6) is 0 Å². The predicted molar refractivity (Wildman–Crippen MR) is 108 cm³/mol. The van der Waals surface area contributed by atoms with Crippen LogP contribution >= 0.6 is 34.9 Å². The van der Waals surface area contributed by atoms with Crippen molar-refractivity contribution in [3.63, 3.8) is 0 Å². The fourth-order valence-electron chi connectivity index (χ4n) is 3.24. The molecule has 9 nitrogen and oxygen atoms in total. The van der Waals surface area contributed by atoms with Gasteiger partial charge in [-0.05, 0) is 11.4 Å². The van der Waals surface area contributed by atoms with Crippen molar-refractivity contribution < 1.29 is 23.9 Å². The molecule has 2 aliphatic heterocycles. The standard InChI is InChI=1S/C17H18N4O5S3/c1-9-19-20-16(26-9)29-8-17(15(24)25)6-21-13(23)12(14(21)28-7-17)18-11(22)5-10-3-2-4-27-10/h2-4,12,14H,5-8H2,1H3,(H,18,22)(H,24,25)/t12?,14-,17?/m1/s1. The molecule has 0 aromatic carbocycles. The lowest BCUT2D eigenvalue weighted by atomic mass is 9.89. The van der Waals surface area contributed by atoms with Gasteiger partial charge >= 0.3 is 5.97 Å². The van der Waals surface area contributed by atoms with E-state index in [1.54, 1.807) is 6.92 Å². The minimum Gasteiger partial charge on any atom is -0.481 e. The summed E-state index contributed by atoms with van der Waals surface area (Å²) in [4.78, 5) is 39.3. The van der Waals surface area contributed by atoms with Gasteiger partial charge in [-0.2, -0.15) is 0 Å². The number of hydrogen-bond acceptors (Lipinski definition) is 9. The largest absolute Gasteiger partial charge is 0.481 e. The van der Waals surface area contributed by atoms with Gasteiger partial charge in [0.1, 0.15) is 16.8 Å². The Kier molecular flexibility index (Phi) is 5.58. The molecule has 0 radical (unpaired) electrons. The van der Waals surface area contributed by atoms with Crippen molar-refractivity contribution in [3.05, 3.63) is 28.3 Å². The van der Waals surface area contributed by atoms with Gasteiger partial charge < -0.3 is 19.7 Å². The number of thioether (sulfide) groups is 2. The number of β-lactam (4-membered cyclic amide) rings is 1. The number of carbonyl (C=O) groups is 3. The molecule has 2 aliphatic rings. The van der Waals surface area contributed by atoms with Gasteiger partial charge in [-0.15, -0.1) is 33.3 Å². The van der Waals surface area contributed by atoms with Crippen LogP contribution in [0, 0.1) is 12.3 Å². The molecule has 2 N–H and O–H groups in total. The molecule has 29 heavy (non-hydrogen) atoms. The van der Waals surface area contributed by atoms with E-state index in [0.717, 1.165) is 4.88 Å². The number of fused-ring (bicyclic) bond motifs is 1. The highest BCUT2D eigenvalue weighted by molar-refractivity contribution is 8.00. The van der Waals surface area contributed by atoms with E-state index in [0.29, 0.717) is 16.9 Å². The topological polar surface area (TPSA) is 126 Å². The molecule has 2 fully saturated rings. The summed E-state index contributed by atoms with van der Waals surface area (Å²) < 4.78 is 5.30. The molecule has 0 aliphatic carbocycles. The van der Waals surface area contributed by atoms with Crippen LogP contribution in [-0.2, 0) is 20.8 Å². The van der Waals surface area contributed by atoms with Crippen LogP contribution in [0.4, 0.5) is 0 Å². The number of amides is 2. The van der Waals surface area contributed by atoms with E-state index in [1.165, 1.54) is 39.8 Å². The van der Waals surface area contributed by atoms with E-state index < -0.39 is 17.4 Å². The number of thiophene rings is 1. The number of carboxylic acids is 1. The number of hydrogen-bond donors (Lipinski definition) is 2. The third-order valence-corrected chi connectivity index (χ3v) is 8.38. The van der Waals surface area contributed by atoms with Gasteiger partial charge in [0.2, 0.25) is 17.7 Å². The van der Waals surface area contributed by atoms with Crippen LogP contribution in [0.2, 0.25) is 0 Å². The van der Waals surface area contributed by atoms with Crippen molar-refractivity contribution >= 4 is 52.6 Å². The van der Waals surface area contributed by atoms with Crippen LogP contribution in [0.25, 0.3) is 0 Å². The zero-order valence-electron chi connectivity index (χ0n) is 15.4. The van der Waals surface area contributed by atoms with Crippen LogP contribution in [-0.4, -0.2) is 67.5 Å². The van der Waals surface area contributed by atoms with Gasteiger partial charge in [-0.3, -0.25) is 14.4 Å². The molecule has 12 heteroatoms. The second-order valence-corrected chi connectivity index (χ2v) is 9.99. The fourth-order valence-corrected chi connectivity index (χ4v) is 6.61. The molecule has 154 valence electrons. The molecule has 2 amide bonds. The third-order valence-electron chi connectivity index (χ3n) is 4.81. The Morgan fingerprint density at radius 3 is 2.97 bits per heavy atom. The maximum Gasteiger partial charge on any atom is 0.313 e. The van der Waals surface area contributed by atoms with Crippen LogP contribution in [0.1, 0.15) is 10.8 Å². The Labute approximate surface area is 178 Å². The number of aromatic nitrogens is 2. The van der Waals surface area contributed by atoms with Crippen molar-refractivity contribution in [3.8, 4) is 0 Å². The van der Waals surface area contributed by atoms with E-state index in [4.69, 9.17) is 4.42 Å². The second kappa shape index (κ2) is 8.00. The van der Waals surface area contributed by atoms with E-state index in [2.05, 4.69) is 15.5 Å². The molecular weight excluding hydrogens is 436 g/mol. The highest BCUT2D eigenvalue weighted by Gasteiger charge is 2.57. The van der Waals surface area contributed by atoms with Gasteiger partial charge in [0.25, 0.3) is 5.22 Å². The lowest BCUT2D eigenvalue weighted by molar-refractivity contribution is -0.157. The smallest absolute Gasteiger partial charge is 0.313 e. The molecular formula is C17H18N4O5S3. The average Bonchev–Trinajstić information content (AvgIpc) is 3.35. The van der Waals surface area contributed by atoms with Crippen molar-refractivity contribution in [2.75, 3.05) is 18.1 Å². The highest BCUT2D eigenvalue weighted by Crippen LogP contribution is 2.44. The molecule has 2 saturated heterocycles. The van der Waals surface area contributed by atoms with E-state index >= 15 is 0 Å². The summed E-state index contributed by atoms with van der Waals surface area (Å²) in [6.45, 7) is 1.76. The Morgan fingerprint density at radius 1 is 1.48 bits per heavy atom. The average molecular weight is 455 g/mol. The van der Waals surface area contributed by atoms with Crippen LogP contribution in [0.15, 0.2) is 27.2 Å². The van der Waals surface area contributed by atoms with Gasteiger partial charge in [-0.25, -0.2) is 0 Å². The number of aliphatic carboxylic acids is 1. The Bertz CT molecular complexity index is 933. The lowest BCUT2D eigenvalue weighted by Gasteiger charge is -2.53. The predicted octanol–water partition coefficient (Wildman–Crippen LogP) is 1.25. The summed E-state index contributed by atoms with van der Waals surface area (Å²) in [5, 5.41) is 22.2. The van der Waals surface area contributed by atoms with Gasteiger partial charge in [0, 0.05) is 29.9 Å². The molecule has 2 unspecified atom stereocenters.